The van der Waals surface area contributed by atoms with Crippen molar-refractivity contribution in [3.63, 3.8) is 0 Å². The molecule has 228 valence electrons. The van der Waals surface area contributed by atoms with Gasteiger partial charge in [-0.1, -0.05) is 31.2 Å². The third kappa shape index (κ3) is 5.25. The van der Waals surface area contributed by atoms with Crippen molar-refractivity contribution in [1.82, 2.24) is 0 Å². The van der Waals surface area contributed by atoms with Crippen LogP contribution in [0.1, 0.15) is 59.3 Å². The zero-order chi connectivity index (χ0) is 29.2. The second-order valence-corrected chi connectivity index (χ2v) is 13.2. The van der Waals surface area contributed by atoms with E-state index in [0.29, 0.717) is 43.6 Å². The number of carbonyl (C=O) groups excluding carboxylic acids is 1. The first-order valence-corrected chi connectivity index (χ1v) is 15.1. The molecule has 6 rings (SSSR count). The first-order valence-electron chi connectivity index (χ1n) is 15.1. The van der Waals surface area contributed by atoms with Crippen LogP contribution in [0.3, 0.4) is 0 Å². The topological polar surface area (TPSA) is 147 Å². The fraction of sp³-hybridized carbons (Fsp3) is 0.774. The zero-order valence-electron chi connectivity index (χ0n) is 24.1. The number of hydrogen-bond acceptors (Lipinski definition) is 10. The number of aliphatic hydroxyl groups is 4. The monoisotopic (exact) mass is 576 g/mol. The van der Waals surface area contributed by atoms with Gasteiger partial charge in [0, 0.05) is 38.2 Å². The van der Waals surface area contributed by atoms with Crippen LogP contribution in [0.25, 0.3) is 0 Å². The van der Waals surface area contributed by atoms with Gasteiger partial charge in [0.2, 0.25) is 0 Å². The van der Waals surface area contributed by atoms with Gasteiger partial charge in [-0.3, -0.25) is 4.79 Å². The minimum atomic E-state index is -1.87. The first-order chi connectivity index (χ1) is 19.5. The Labute approximate surface area is 240 Å². The predicted molar refractivity (Wildman–Crippen MR) is 145 cm³/mol. The van der Waals surface area contributed by atoms with E-state index in [-0.39, 0.29) is 43.0 Å². The number of carbonyl (C=O) groups is 1. The van der Waals surface area contributed by atoms with Gasteiger partial charge in [0.1, 0.15) is 29.8 Å². The molecule has 5 aliphatic heterocycles. The lowest BCUT2D eigenvalue weighted by molar-refractivity contribution is -0.333. The number of esters is 1. The molecular formula is C31H44O10. The van der Waals surface area contributed by atoms with E-state index in [1.165, 1.54) is 6.08 Å². The summed E-state index contributed by atoms with van der Waals surface area (Å²) in [6, 6.07) is 0. The van der Waals surface area contributed by atoms with Crippen molar-refractivity contribution >= 4 is 5.97 Å². The average Bonchev–Trinajstić information content (AvgIpc) is 3.41. The number of rotatable bonds is 2. The third-order valence-corrected chi connectivity index (χ3v) is 10.3. The lowest BCUT2D eigenvalue weighted by Crippen LogP contribution is -2.58. The van der Waals surface area contributed by atoms with Crippen molar-refractivity contribution in [3.8, 4) is 0 Å². The fourth-order valence-electron chi connectivity index (χ4n) is 7.60. The molecule has 1 spiro atoms. The largest absolute Gasteiger partial charge is 0.462 e. The van der Waals surface area contributed by atoms with Gasteiger partial charge in [0.15, 0.2) is 5.79 Å². The van der Waals surface area contributed by atoms with Crippen LogP contribution < -0.4 is 0 Å². The quantitative estimate of drug-likeness (QED) is 0.218. The van der Waals surface area contributed by atoms with E-state index in [1.807, 2.05) is 19.9 Å². The molecule has 5 heterocycles. The summed E-state index contributed by atoms with van der Waals surface area (Å²) < 4.78 is 31.3. The van der Waals surface area contributed by atoms with E-state index >= 15 is 0 Å². The van der Waals surface area contributed by atoms with Crippen LogP contribution in [-0.2, 0) is 28.5 Å². The molecule has 6 aliphatic rings. The van der Waals surface area contributed by atoms with Crippen molar-refractivity contribution in [2.24, 2.45) is 17.8 Å². The molecule has 2 bridgehead atoms. The molecule has 0 radical (unpaired) electrons. The Kier molecular flexibility index (Phi) is 7.77. The molecule has 0 aromatic rings. The van der Waals surface area contributed by atoms with E-state index in [0.717, 1.165) is 6.42 Å². The van der Waals surface area contributed by atoms with Crippen LogP contribution in [0, 0.1) is 17.8 Å². The van der Waals surface area contributed by atoms with Crippen LogP contribution in [0.4, 0.5) is 0 Å². The maximum absolute atomic E-state index is 13.9. The number of epoxide rings is 1. The normalized spacial score (nSPS) is 52.0. The Balaban J connectivity index is 1.37. The summed E-state index contributed by atoms with van der Waals surface area (Å²) >= 11 is 0. The summed E-state index contributed by atoms with van der Waals surface area (Å²) in [5.74, 6) is -2.54. The highest BCUT2D eigenvalue weighted by molar-refractivity contribution is 5.78. The highest BCUT2D eigenvalue weighted by atomic mass is 16.7. The van der Waals surface area contributed by atoms with Crippen LogP contribution in [0.2, 0.25) is 0 Å². The van der Waals surface area contributed by atoms with E-state index < -0.39 is 53.8 Å². The van der Waals surface area contributed by atoms with Crippen LogP contribution >= 0.6 is 0 Å². The number of aliphatic hydroxyl groups excluding tert-OH is 3. The molecule has 12 atom stereocenters. The number of ether oxygens (including phenoxy) is 5. The van der Waals surface area contributed by atoms with Gasteiger partial charge in [0.25, 0.3) is 0 Å². The smallest absolute Gasteiger partial charge is 0.316 e. The highest BCUT2D eigenvalue weighted by Gasteiger charge is 2.61. The molecule has 0 aromatic carbocycles. The van der Waals surface area contributed by atoms with Crippen molar-refractivity contribution in [3.05, 3.63) is 35.5 Å². The van der Waals surface area contributed by atoms with Crippen molar-refractivity contribution in [2.45, 2.75) is 113 Å². The fourth-order valence-corrected chi connectivity index (χ4v) is 7.60. The number of hydrogen-bond donors (Lipinski definition) is 4. The Morgan fingerprint density at radius 1 is 1.07 bits per heavy atom. The SMILES string of the molecule is CC1O[C@]2(CC[C@@H]1C)C[C@@H]1C[C@@H](C[C@H]3O[C@@]3(C)C[C@@H](CO)/C=C/C=C3\CO[C@@H]4[C@H](O)C(CO)=C[C@@H](C(=O)O1)[C@]34O)O2. The van der Waals surface area contributed by atoms with Gasteiger partial charge < -0.3 is 44.1 Å². The second kappa shape index (κ2) is 10.8. The van der Waals surface area contributed by atoms with E-state index in [9.17, 15) is 25.2 Å². The highest BCUT2D eigenvalue weighted by Crippen LogP contribution is 2.50. The van der Waals surface area contributed by atoms with E-state index in [4.69, 9.17) is 23.7 Å². The summed E-state index contributed by atoms with van der Waals surface area (Å²) in [6.07, 6.45) is 7.07. The molecule has 0 saturated carbocycles. The summed E-state index contributed by atoms with van der Waals surface area (Å²) in [5, 5.41) is 43.0. The standard InChI is InChI=1S/C31H44O10/c1-17-7-8-30(39-18(17)2)13-23-10-22(40-30)11-25-29(3,41-25)12-19(14-32)5-4-6-21-16-37-27-26(34)20(15-33)9-24(28(35)38-23)31(21,27)36/h4-6,9,17-19,22-27,32-34,36H,7-8,10-16H2,1-3H3/b5-4+,21-6+/t17-,18?,19-,22-,23-,24-,25+,26+,27+,29-,30-,31+/m0/s1. The summed E-state index contributed by atoms with van der Waals surface area (Å²) in [6.45, 7) is 5.69. The summed E-state index contributed by atoms with van der Waals surface area (Å²) in [5.41, 5.74) is -1.65. The van der Waals surface area contributed by atoms with Gasteiger partial charge in [-0.15, -0.1) is 0 Å². The Bertz CT molecular complexity index is 1120. The molecule has 0 amide bonds. The lowest BCUT2D eigenvalue weighted by Gasteiger charge is -2.49. The summed E-state index contributed by atoms with van der Waals surface area (Å²) in [4.78, 5) is 13.9. The molecule has 4 fully saturated rings. The van der Waals surface area contributed by atoms with Crippen molar-refractivity contribution < 1.29 is 48.9 Å². The van der Waals surface area contributed by atoms with Gasteiger partial charge >= 0.3 is 5.97 Å². The average molecular weight is 577 g/mol. The molecule has 41 heavy (non-hydrogen) atoms. The van der Waals surface area contributed by atoms with Gasteiger partial charge in [-0.05, 0) is 43.8 Å². The first kappa shape index (κ1) is 29.4. The molecular weight excluding hydrogens is 532 g/mol. The van der Waals surface area contributed by atoms with Gasteiger partial charge in [0.05, 0.1) is 37.1 Å². The molecule has 10 heteroatoms. The summed E-state index contributed by atoms with van der Waals surface area (Å²) in [7, 11) is 0. The molecule has 1 aliphatic carbocycles. The van der Waals surface area contributed by atoms with Crippen LogP contribution in [0.15, 0.2) is 35.5 Å². The third-order valence-electron chi connectivity index (χ3n) is 10.3. The number of fused-ring (bicyclic) bond motifs is 3. The Hall–Kier alpha value is -1.63. The minimum absolute atomic E-state index is 0.00203. The van der Waals surface area contributed by atoms with Gasteiger partial charge in [-0.2, -0.15) is 0 Å². The van der Waals surface area contributed by atoms with Crippen LogP contribution in [0.5, 0.6) is 0 Å². The Morgan fingerprint density at radius 2 is 1.88 bits per heavy atom. The molecule has 0 aromatic heterocycles. The van der Waals surface area contributed by atoms with Crippen LogP contribution in [-0.4, -0.2) is 99.8 Å². The molecule has 10 nitrogen and oxygen atoms in total. The maximum atomic E-state index is 13.9. The predicted octanol–water partition coefficient (Wildman–Crippen LogP) is 1.69. The molecule has 4 N–H and O–H groups in total. The second-order valence-electron chi connectivity index (χ2n) is 13.2. The number of allylic oxidation sites excluding steroid dienone is 2. The maximum Gasteiger partial charge on any atom is 0.316 e. The van der Waals surface area contributed by atoms with E-state index in [2.05, 4.69) is 6.92 Å². The molecule has 4 saturated heterocycles. The molecule has 1 unspecified atom stereocenters. The van der Waals surface area contributed by atoms with Gasteiger partial charge in [-0.25, -0.2) is 0 Å². The lowest BCUT2D eigenvalue weighted by atomic mass is 9.70. The minimum Gasteiger partial charge on any atom is -0.462 e. The van der Waals surface area contributed by atoms with E-state index in [1.54, 1.807) is 12.2 Å². The van der Waals surface area contributed by atoms with Crippen molar-refractivity contribution in [2.75, 3.05) is 19.8 Å². The Morgan fingerprint density at radius 3 is 2.61 bits per heavy atom. The zero-order valence-corrected chi connectivity index (χ0v) is 24.1. The van der Waals surface area contributed by atoms with Crippen molar-refractivity contribution in [1.29, 1.82) is 0 Å².